The smallest absolute Gasteiger partial charge is 0.251 e. The van der Waals surface area contributed by atoms with E-state index in [4.69, 9.17) is 0 Å². The number of amides is 1. The number of carbonyl (C=O) groups excluding carboxylic acids is 1. The second-order valence-corrected chi connectivity index (χ2v) is 5.60. The van der Waals surface area contributed by atoms with Gasteiger partial charge in [-0.3, -0.25) is 4.79 Å². The van der Waals surface area contributed by atoms with Crippen molar-refractivity contribution in [2.45, 2.75) is 27.2 Å². The van der Waals surface area contributed by atoms with E-state index in [9.17, 15) is 9.90 Å². The van der Waals surface area contributed by atoms with Crippen LogP contribution < -0.4 is 5.32 Å². The molecule has 0 heterocycles. The summed E-state index contributed by atoms with van der Waals surface area (Å²) in [5, 5.41) is 12.2. The number of aromatic hydroxyl groups is 1. The molecule has 0 saturated heterocycles. The number of carbonyl (C=O) groups is 1. The monoisotopic (exact) mass is 233 g/mol. The Hall–Kier alpha value is -1.51. The summed E-state index contributed by atoms with van der Waals surface area (Å²) in [5.74, 6) is 0.747. The van der Waals surface area contributed by atoms with E-state index in [2.05, 4.69) is 19.2 Å². The molecule has 1 saturated carbocycles. The van der Waals surface area contributed by atoms with Crippen LogP contribution in [0, 0.1) is 18.3 Å². The van der Waals surface area contributed by atoms with Gasteiger partial charge in [0.05, 0.1) is 0 Å². The lowest BCUT2D eigenvalue weighted by Gasteiger charge is -2.08. The van der Waals surface area contributed by atoms with E-state index < -0.39 is 0 Å². The van der Waals surface area contributed by atoms with Gasteiger partial charge in [-0.25, -0.2) is 0 Å². The first kappa shape index (κ1) is 12.0. The maximum Gasteiger partial charge on any atom is 0.251 e. The van der Waals surface area contributed by atoms with E-state index in [-0.39, 0.29) is 11.7 Å². The SMILES string of the molecule is Cc1cc(O)ccc1C(=O)NCC1CC1(C)C. The molecule has 1 unspecified atom stereocenters. The lowest BCUT2D eigenvalue weighted by molar-refractivity contribution is 0.0950. The molecule has 1 fully saturated rings. The second kappa shape index (κ2) is 4.06. The largest absolute Gasteiger partial charge is 0.508 e. The van der Waals surface area contributed by atoms with Gasteiger partial charge in [0.1, 0.15) is 5.75 Å². The minimum atomic E-state index is -0.0507. The van der Waals surface area contributed by atoms with Gasteiger partial charge in [-0.05, 0) is 48.4 Å². The van der Waals surface area contributed by atoms with Gasteiger partial charge in [-0.1, -0.05) is 13.8 Å². The highest BCUT2D eigenvalue weighted by Crippen LogP contribution is 2.50. The van der Waals surface area contributed by atoms with Crippen molar-refractivity contribution in [3.8, 4) is 5.75 Å². The third kappa shape index (κ3) is 2.60. The van der Waals surface area contributed by atoms with Crippen molar-refractivity contribution in [2.24, 2.45) is 11.3 Å². The lowest BCUT2D eigenvalue weighted by atomic mass is 10.1. The van der Waals surface area contributed by atoms with Gasteiger partial charge in [0.25, 0.3) is 5.91 Å². The Balaban J connectivity index is 1.96. The first-order chi connectivity index (χ1) is 7.90. The summed E-state index contributed by atoms with van der Waals surface area (Å²) in [6.45, 7) is 7.01. The van der Waals surface area contributed by atoms with Crippen LogP contribution in [0.4, 0.5) is 0 Å². The van der Waals surface area contributed by atoms with Crippen molar-refractivity contribution >= 4 is 5.91 Å². The number of phenolic OH excluding ortho intramolecular Hbond substituents is 1. The summed E-state index contributed by atoms with van der Waals surface area (Å²) in [5.41, 5.74) is 1.83. The molecule has 1 amide bonds. The highest BCUT2D eigenvalue weighted by atomic mass is 16.3. The minimum absolute atomic E-state index is 0.0507. The standard InChI is InChI=1S/C14H19NO2/c1-9-6-11(16)4-5-12(9)13(17)15-8-10-7-14(10,2)3/h4-6,10,16H,7-8H2,1-3H3,(H,15,17). The zero-order chi connectivity index (χ0) is 12.6. The molecule has 3 nitrogen and oxygen atoms in total. The summed E-state index contributed by atoms with van der Waals surface area (Å²) in [7, 11) is 0. The van der Waals surface area contributed by atoms with Gasteiger partial charge in [0, 0.05) is 12.1 Å². The number of aryl methyl sites for hydroxylation is 1. The normalized spacial score (nSPS) is 21.0. The Bertz CT molecular complexity index is 452. The molecule has 0 spiro atoms. The fraction of sp³-hybridized carbons (Fsp3) is 0.500. The molecule has 0 radical (unpaired) electrons. The van der Waals surface area contributed by atoms with Crippen LogP contribution in [-0.4, -0.2) is 17.6 Å². The van der Waals surface area contributed by atoms with E-state index >= 15 is 0 Å². The number of hydrogen-bond donors (Lipinski definition) is 2. The average molecular weight is 233 g/mol. The van der Waals surface area contributed by atoms with Gasteiger partial charge < -0.3 is 10.4 Å². The molecule has 1 aliphatic carbocycles. The van der Waals surface area contributed by atoms with Crippen molar-refractivity contribution in [3.05, 3.63) is 29.3 Å². The van der Waals surface area contributed by atoms with Gasteiger partial charge in [0.2, 0.25) is 0 Å². The number of rotatable bonds is 3. The van der Waals surface area contributed by atoms with Crippen LogP contribution in [0.5, 0.6) is 5.75 Å². The Labute approximate surface area is 102 Å². The molecule has 92 valence electrons. The Morgan fingerprint density at radius 2 is 2.18 bits per heavy atom. The van der Waals surface area contributed by atoms with Crippen molar-refractivity contribution in [3.63, 3.8) is 0 Å². The molecule has 1 atom stereocenters. The van der Waals surface area contributed by atoms with Crippen LogP contribution in [0.15, 0.2) is 18.2 Å². The van der Waals surface area contributed by atoms with E-state index in [1.165, 1.54) is 6.42 Å². The molecule has 2 rings (SSSR count). The summed E-state index contributed by atoms with van der Waals surface area (Å²) in [6, 6.07) is 4.82. The molecular formula is C14H19NO2. The molecule has 1 aromatic carbocycles. The maximum absolute atomic E-state index is 11.9. The predicted octanol–water partition coefficient (Wildman–Crippen LogP) is 2.48. The molecule has 0 bridgehead atoms. The first-order valence-corrected chi connectivity index (χ1v) is 5.98. The fourth-order valence-corrected chi connectivity index (χ4v) is 2.14. The second-order valence-electron chi connectivity index (χ2n) is 5.60. The molecule has 1 aliphatic rings. The van der Waals surface area contributed by atoms with Crippen LogP contribution in [0.2, 0.25) is 0 Å². The van der Waals surface area contributed by atoms with Crippen molar-refractivity contribution < 1.29 is 9.90 Å². The summed E-state index contributed by atoms with van der Waals surface area (Å²) < 4.78 is 0. The molecule has 1 aromatic rings. The molecule has 3 heteroatoms. The van der Waals surface area contributed by atoms with Crippen LogP contribution in [0.25, 0.3) is 0 Å². The highest BCUT2D eigenvalue weighted by molar-refractivity contribution is 5.95. The quantitative estimate of drug-likeness (QED) is 0.842. The Kier molecular flexibility index (Phi) is 2.86. The molecule has 0 aromatic heterocycles. The van der Waals surface area contributed by atoms with Crippen LogP contribution in [0.1, 0.15) is 36.2 Å². The number of hydrogen-bond acceptors (Lipinski definition) is 2. The molecule has 2 N–H and O–H groups in total. The van der Waals surface area contributed by atoms with Crippen molar-refractivity contribution in [1.82, 2.24) is 5.32 Å². The topological polar surface area (TPSA) is 49.3 Å². The predicted molar refractivity (Wildman–Crippen MR) is 67.1 cm³/mol. The molecule has 17 heavy (non-hydrogen) atoms. The third-order valence-electron chi connectivity index (χ3n) is 3.68. The van der Waals surface area contributed by atoms with Crippen LogP contribution >= 0.6 is 0 Å². The zero-order valence-electron chi connectivity index (χ0n) is 10.6. The molecule has 0 aliphatic heterocycles. The lowest BCUT2D eigenvalue weighted by Crippen LogP contribution is -2.27. The minimum Gasteiger partial charge on any atom is -0.508 e. The molecular weight excluding hydrogens is 214 g/mol. The van der Waals surface area contributed by atoms with Crippen LogP contribution in [-0.2, 0) is 0 Å². The first-order valence-electron chi connectivity index (χ1n) is 5.98. The third-order valence-corrected chi connectivity index (χ3v) is 3.68. The van der Waals surface area contributed by atoms with Crippen molar-refractivity contribution in [2.75, 3.05) is 6.54 Å². The zero-order valence-corrected chi connectivity index (χ0v) is 10.6. The van der Waals surface area contributed by atoms with E-state index in [1.54, 1.807) is 18.2 Å². The Morgan fingerprint density at radius 3 is 2.71 bits per heavy atom. The highest BCUT2D eigenvalue weighted by Gasteiger charge is 2.45. The fourth-order valence-electron chi connectivity index (χ4n) is 2.14. The maximum atomic E-state index is 11.9. The summed E-state index contributed by atoms with van der Waals surface area (Å²) in [6.07, 6.45) is 1.18. The van der Waals surface area contributed by atoms with Gasteiger partial charge in [-0.2, -0.15) is 0 Å². The van der Waals surface area contributed by atoms with Gasteiger partial charge >= 0.3 is 0 Å². The van der Waals surface area contributed by atoms with E-state index in [0.29, 0.717) is 16.9 Å². The number of nitrogens with one attached hydrogen (secondary N) is 1. The van der Waals surface area contributed by atoms with Crippen LogP contribution in [0.3, 0.4) is 0 Å². The van der Waals surface area contributed by atoms with Gasteiger partial charge in [-0.15, -0.1) is 0 Å². The average Bonchev–Trinajstić information content (AvgIpc) is 2.83. The number of benzene rings is 1. The summed E-state index contributed by atoms with van der Waals surface area (Å²) >= 11 is 0. The number of phenols is 1. The van der Waals surface area contributed by atoms with Crippen molar-refractivity contribution in [1.29, 1.82) is 0 Å². The summed E-state index contributed by atoms with van der Waals surface area (Å²) in [4.78, 5) is 11.9. The Morgan fingerprint density at radius 1 is 1.53 bits per heavy atom. The van der Waals surface area contributed by atoms with E-state index in [0.717, 1.165) is 12.1 Å². The van der Waals surface area contributed by atoms with Gasteiger partial charge in [0.15, 0.2) is 0 Å². The van der Waals surface area contributed by atoms with E-state index in [1.807, 2.05) is 6.92 Å².